The topological polar surface area (TPSA) is 27.1 Å². The maximum atomic E-state index is 5.41. The lowest BCUT2D eigenvalue weighted by Crippen LogP contribution is -1.92. The predicted molar refractivity (Wildman–Crippen MR) is 77.4 cm³/mol. The molecule has 0 unspecified atom stereocenters. The Bertz CT molecular complexity index is 716. The van der Waals surface area contributed by atoms with E-state index in [0.717, 1.165) is 28.9 Å². The first-order chi connectivity index (χ1) is 9.31. The van der Waals surface area contributed by atoms with Crippen molar-refractivity contribution in [3.05, 3.63) is 48.7 Å². The molecule has 0 bridgehead atoms. The normalized spacial score (nSPS) is 10.8. The van der Waals surface area contributed by atoms with E-state index >= 15 is 0 Å². The van der Waals surface area contributed by atoms with E-state index in [-0.39, 0.29) is 0 Å². The fourth-order valence-corrected chi connectivity index (χ4v) is 2.28. The number of fused-ring (bicyclic) bond motifs is 1. The van der Waals surface area contributed by atoms with Crippen molar-refractivity contribution in [3.63, 3.8) is 0 Å². The maximum Gasteiger partial charge on any atom is 0.126 e. The predicted octanol–water partition coefficient (Wildman–Crippen LogP) is 3.73. The Balaban J connectivity index is 2.14. The van der Waals surface area contributed by atoms with Gasteiger partial charge in [0, 0.05) is 23.7 Å². The molecule has 0 saturated heterocycles. The third-order valence-corrected chi connectivity index (χ3v) is 3.30. The molecule has 96 valence electrons. The second kappa shape index (κ2) is 4.76. The number of aryl methyl sites for hydroxylation is 1. The zero-order valence-corrected chi connectivity index (χ0v) is 11.1. The molecule has 0 fully saturated rings. The van der Waals surface area contributed by atoms with Gasteiger partial charge in [-0.1, -0.05) is 30.3 Å². The van der Waals surface area contributed by atoms with Crippen LogP contribution in [0.5, 0.6) is 5.75 Å². The molecule has 2 aromatic carbocycles. The van der Waals surface area contributed by atoms with Gasteiger partial charge in [-0.15, -0.1) is 0 Å². The molecule has 0 aliphatic carbocycles. The zero-order chi connectivity index (χ0) is 13.2. The van der Waals surface area contributed by atoms with Crippen molar-refractivity contribution >= 4 is 10.9 Å². The summed E-state index contributed by atoms with van der Waals surface area (Å²) in [4.78, 5) is 0. The molecule has 0 atom stereocenters. The van der Waals surface area contributed by atoms with Gasteiger partial charge in [-0.2, -0.15) is 5.10 Å². The zero-order valence-electron chi connectivity index (χ0n) is 11.1. The first kappa shape index (κ1) is 11.8. The van der Waals surface area contributed by atoms with Crippen LogP contribution in [0.1, 0.15) is 6.92 Å². The Morgan fingerprint density at radius 3 is 2.79 bits per heavy atom. The SMILES string of the molecule is CCn1cc2ccc(-c3ccccc3OC)cc2n1. The second-order valence-electron chi connectivity index (χ2n) is 4.46. The minimum Gasteiger partial charge on any atom is -0.496 e. The molecule has 3 nitrogen and oxygen atoms in total. The van der Waals surface area contributed by atoms with E-state index in [1.54, 1.807) is 7.11 Å². The van der Waals surface area contributed by atoms with Gasteiger partial charge in [-0.25, -0.2) is 0 Å². The van der Waals surface area contributed by atoms with Crippen LogP contribution < -0.4 is 4.74 Å². The molecule has 0 amide bonds. The van der Waals surface area contributed by atoms with Crippen LogP contribution in [0.25, 0.3) is 22.0 Å². The summed E-state index contributed by atoms with van der Waals surface area (Å²) in [7, 11) is 1.70. The molecule has 0 radical (unpaired) electrons. The van der Waals surface area contributed by atoms with E-state index in [4.69, 9.17) is 4.74 Å². The van der Waals surface area contributed by atoms with Crippen molar-refractivity contribution in [3.8, 4) is 16.9 Å². The lowest BCUT2D eigenvalue weighted by Gasteiger charge is -2.07. The molecular weight excluding hydrogens is 236 g/mol. The van der Waals surface area contributed by atoms with E-state index in [1.165, 1.54) is 5.39 Å². The van der Waals surface area contributed by atoms with Gasteiger partial charge in [0.05, 0.1) is 12.6 Å². The van der Waals surface area contributed by atoms with E-state index in [9.17, 15) is 0 Å². The highest BCUT2D eigenvalue weighted by atomic mass is 16.5. The third-order valence-electron chi connectivity index (χ3n) is 3.30. The lowest BCUT2D eigenvalue weighted by atomic mass is 10.0. The first-order valence-corrected chi connectivity index (χ1v) is 6.42. The minimum absolute atomic E-state index is 0.886. The Kier molecular flexibility index (Phi) is 2.95. The van der Waals surface area contributed by atoms with Crippen molar-refractivity contribution in [1.29, 1.82) is 0 Å². The highest BCUT2D eigenvalue weighted by molar-refractivity contribution is 5.85. The number of nitrogens with zero attached hydrogens (tertiary/aromatic N) is 2. The molecule has 0 aliphatic rings. The Hall–Kier alpha value is -2.29. The summed E-state index contributed by atoms with van der Waals surface area (Å²) in [6.07, 6.45) is 2.07. The third kappa shape index (κ3) is 2.08. The number of benzene rings is 2. The fourth-order valence-electron chi connectivity index (χ4n) is 2.28. The van der Waals surface area contributed by atoms with E-state index in [1.807, 2.05) is 22.9 Å². The second-order valence-corrected chi connectivity index (χ2v) is 4.46. The molecular formula is C16H16N2O. The molecule has 1 aromatic heterocycles. The molecule has 3 aromatic rings. The molecule has 1 heterocycles. The van der Waals surface area contributed by atoms with Crippen LogP contribution in [-0.4, -0.2) is 16.9 Å². The quantitative estimate of drug-likeness (QED) is 0.710. The van der Waals surface area contributed by atoms with Crippen molar-refractivity contribution in [2.75, 3.05) is 7.11 Å². The van der Waals surface area contributed by atoms with Crippen LogP contribution in [0.2, 0.25) is 0 Å². The number of ether oxygens (including phenoxy) is 1. The van der Waals surface area contributed by atoms with Crippen molar-refractivity contribution in [1.82, 2.24) is 9.78 Å². The summed E-state index contributed by atoms with van der Waals surface area (Å²) in [5.41, 5.74) is 3.24. The van der Waals surface area contributed by atoms with Crippen molar-refractivity contribution in [2.24, 2.45) is 0 Å². The van der Waals surface area contributed by atoms with Crippen LogP contribution in [0.4, 0.5) is 0 Å². The van der Waals surface area contributed by atoms with Gasteiger partial charge in [0.2, 0.25) is 0 Å². The smallest absolute Gasteiger partial charge is 0.126 e. The maximum absolute atomic E-state index is 5.41. The van der Waals surface area contributed by atoms with E-state index in [2.05, 4.69) is 42.5 Å². The molecule has 3 heteroatoms. The average molecular weight is 252 g/mol. The van der Waals surface area contributed by atoms with Gasteiger partial charge in [0.15, 0.2) is 0 Å². The van der Waals surface area contributed by atoms with E-state index < -0.39 is 0 Å². The van der Waals surface area contributed by atoms with Crippen LogP contribution in [0.15, 0.2) is 48.7 Å². The average Bonchev–Trinajstić information content (AvgIpc) is 2.89. The molecule has 0 saturated carbocycles. The lowest BCUT2D eigenvalue weighted by molar-refractivity contribution is 0.416. The molecule has 0 spiro atoms. The van der Waals surface area contributed by atoms with Gasteiger partial charge >= 0.3 is 0 Å². The summed E-state index contributed by atoms with van der Waals surface area (Å²) in [6.45, 7) is 2.98. The molecule has 0 N–H and O–H groups in total. The Labute approximate surface area is 112 Å². The van der Waals surface area contributed by atoms with Gasteiger partial charge in [0.1, 0.15) is 5.75 Å². The molecule has 3 rings (SSSR count). The minimum atomic E-state index is 0.886. The van der Waals surface area contributed by atoms with Gasteiger partial charge in [-0.3, -0.25) is 4.68 Å². The standard InChI is InChI=1S/C16H16N2O/c1-3-18-11-13-9-8-12(10-15(13)17-18)14-6-4-5-7-16(14)19-2/h4-11H,3H2,1-2H3. The number of aromatic nitrogens is 2. The summed E-state index contributed by atoms with van der Waals surface area (Å²) in [5.74, 6) is 0.886. The number of hydrogen-bond acceptors (Lipinski definition) is 2. The summed E-state index contributed by atoms with van der Waals surface area (Å²) >= 11 is 0. The number of hydrogen-bond donors (Lipinski definition) is 0. The highest BCUT2D eigenvalue weighted by Crippen LogP contribution is 2.31. The molecule has 19 heavy (non-hydrogen) atoms. The van der Waals surface area contributed by atoms with Crippen LogP contribution >= 0.6 is 0 Å². The molecule has 0 aliphatic heterocycles. The van der Waals surface area contributed by atoms with Crippen LogP contribution in [0, 0.1) is 0 Å². The van der Waals surface area contributed by atoms with Crippen molar-refractivity contribution in [2.45, 2.75) is 13.5 Å². The van der Waals surface area contributed by atoms with Gasteiger partial charge < -0.3 is 4.74 Å². The summed E-state index contributed by atoms with van der Waals surface area (Å²) in [6, 6.07) is 14.4. The number of para-hydroxylation sites is 1. The fraction of sp³-hybridized carbons (Fsp3) is 0.188. The summed E-state index contributed by atoms with van der Waals surface area (Å²) in [5, 5.41) is 5.72. The number of rotatable bonds is 3. The summed E-state index contributed by atoms with van der Waals surface area (Å²) < 4.78 is 7.37. The highest BCUT2D eigenvalue weighted by Gasteiger charge is 2.07. The van der Waals surface area contributed by atoms with Crippen LogP contribution in [-0.2, 0) is 6.54 Å². The first-order valence-electron chi connectivity index (χ1n) is 6.42. The van der Waals surface area contributed by atoms with E-state index in [0.29, 0.717) is 0 Å². The largest absolute Gasteiger partial charge is 0.496 e. The Morgan fingerprint density at radius 2 is 2.00 bits per heavy atom. The van der Waals surface area contributed by atoms with Crippen LogP contribution in [0.3, 0.4) is 0 Å². The monoisotopic (exact) mass is 252 g/mol. The number of methoxy groups -OCH3 is 1. The van der Waals surface area contributed by atoms with Gasteiger partial charge in [0.25, 0.3) is 0 Å². The Morgan fingerprint density at radius 1 is 1.16 bits per heavy atom. The van der Waals surface area contributed by atoms with Crippen molar-refractivity contribution < 1.29 is 4.74 Å². The van der Waals surface area contributed by atoms with Gasteiger partial charge in [-0.05, 0) is 24.6 Å².